The van der Waals surface area contributed by atoms with Crippen LogP contribution >= 0.6 is 0 Å². The first-order valence-corrected chi connectivity index (χ1v) is 5.97. The molecule has 2 rings (SSSR count). The van der Waals surface area contributed by atoms with Crippen LogP contribution in [-0.2, 0) is 14.4 Å². The lowest BCUT2D eigenvalue weighted by atomic mass is 10.1. The molecule has 19 heavy (non-hydrogen) atoms. The Bertz CT molecular complexity index is 457. The zero-order valence-corrected chi connectivity index (χ0v) is 10.4. The molecule has 2 fully saturated rings. The molecule has 0 aromatic rings. The summed E-state index contributed by atoms with van der Waals surface area (Å²) in [7, 11) is 0. The van der Waals surface area contributed by atoms with E-state index in [1.165, 1.54) is 6.92 Å². The van der Waals surface area contributed by atoms with E-state index in [4.69, 9.17) is 5.11 Å². The van der Waals surface area contributed by atoms with Gasteiger partial charge in [0.2, 0.25) is 11.8 Å². The zero-order valence-electron chi connectivity index (χ0n) is 10.4. The van der Waals surface area contributed by atoms with Crippen LogP contribution in [0.2, 0.25) is 0 Å². The van der Waals surface area contributed by atoms with Crippen molar-refractivity contribution in [1.29, 1.82) is 0 Å². The summed E-state index contributed by atoms with van der Waals surface area (Å²) >= 11 is 0. The summed E-state index contributed by atoms with van der Waals surface area (Å²) in [5.74, 6) is -2.02. The van der Waals surface area contributed by atoms with E-state index in [1.54, 1.807) is 0 Å². The smallest absolute Gasteiger partial charge is 0.318 e. The molecule has 2 aliphatic rings. The molecule has 0 radical (unpaired) electrons. The number of imide groups is 1. The van der Waals surface area contributed by atoms with Gasteiger partial charge in [-0.3, -0.25) is 19.7 Å². The molecule has 1 saturated heterocycles. The first-order chi connectivity index (χ1) is 8.85. The number of hydrogen-bond donors (Lipinski definition) is 3. The summed E-state index contributed by atoms with van der Waals surface area (Å²) in [4.78, 5) is 46.5. The molecule has 8 heteroatoms. The van der Waals surface area contributed by atoms with Crippen molar-refractivity contribution in [3.8, 4) is 0 Å². The minimum absolute atomic E-state index is 0.0141. The average Bonchev–Trinajstić information content (AvgIpc) is 3.12. The summed E-state index contributed by atoms with van der Waals surface area (Å²) in [6, 6.07) is -1.35. The number of nitrogens with zero attached hydrogens (tertiary/aromatic N) is 1. The maximum atomic E-state index is 11.9. The fourth-order valence-electron chi connectivity index (χ4n) is 1.93. The molecular formula is C11H15N3O5. The van der Waals surface area contributed by atoms with E-state index in [1.807, 2.05) is 0 Å². The average molecular weight is 269 g/mol. The third kappa shape index (κ3) is 2.51. The van der Waals surface area contributed by atoms with Crippen LogP contribution in [0.1, 0.15) is 19.8 Å². The van der Waals surface area contributed by atoms with E-state index in [-0.39, 0.29) is 13.1 Å². The molecule has 1 saturated carbocycles. The number of rotatable bonds is 3. The second kappa shape index (κ2) is 4.52. The summed E-state index contributed by atoms with van der Waals surface area (Å²) < 4.78 is 0. The van der Waals surface area contributed by atoms with Crippen molar-refractivity contribution in [2.24, 2.45) is 5.41 Å². The molecule has 0 spiro atoms. The van der Waals surface area contributed by atoms with Crippen molar-refractivity contribution in [3.63, 3.8) is 0 Å². The van der Waals surface area contributed by atoms with Crippen LogP contribution in [0.3, 0.4) is 0 Å². The Hall–Kier alpha value is -2.12. The van der Waals surface area contributed by atoms with E-state index in [9.17, 15) is 19.2 Å². The van der Waals surface area contributed by atoms with Gasteiger partial charge >= 0.3 is 12.0 Å². The SMILES string of the molecule is CC1C(=O)NC(=O)CN1C(=O)NCC1(C(=O)O)CC1. The number of nitrogens with one attached hydrogen (secondary N) is 2. The first-order valence-electron chi connectivity index (χ1n) is 5.97. The van der Waals surface area contributed by atoms with Gasteiger partial charge in [0.15, 0.2) is 0 Å². The topological polar surface area (TPSA) is 116 Å². The molecule has 104 valence electrons. The largest absolute Gasteiger partial charge is 0.481 e. The van der Waals surface area contributed by atoms with Gasteiger partial charge in [-0.05, 0) is 19.8 Å². The molecule has 8 nitrogen and oxygen atoms in total. The molecule has 1 aliphatic carbocycles. The molecule has 0 bridgehead atoms. The van der Waals surface area contributed by atoms with Crippen molar-refractivity contribution in [2.75, 3.05) is 13.1 Å². The quantitative estimate of drug-likeness (QED) is 0.563. The molecule has 1 atom stereocenters. The Morgan fingerprint density at radius 3 is 2.63 bits per heavy atom. The van der Waals surface area contributed by atoms with Gasteiger partial charge in [0.05, 0.1) is 5.41 Å². The number of carbonyl (C=O) groups excluding carboxylic acids is 3. The lowest BCUT2D eigenvalue weighted by molar-refractivity contribution is -0.143. The molecule has 0 aromatic heterocycles. The molecule has 4 amide bonds. The minimum atomic E-state index is -0.937. The van der Waals surface area contributed by atoms with Crippen molar-refractivity contribution in [3.05, 3.63) is 0 Å². The number of hydrogen-bond acceptors (Lipinski definition) is 4. The summed E-state index contributed by atoms with van der Waals surface area (Å²) in [6.07, 6.45) is 1.05. The summed E-state index contributed by atoms with van der Waals surface area (Å²) in [5.41, 5.74) is -0.874. The van der Waals surface area contributed by atoms with Crippen molar-refractivity contribution in [1.82, 2.24) is 15.5 Å². The number of carbonyl (C=O) groups is 4. The Kier molecular flexibility index (Phi) is 3.17. The molecular weight excluding hydrogens is 254 g/mol. The third-order valence-electron chi connectivity index (χ3n) is 3.57. The van der Waals surface area contributed by atoms with Crippen LogP contribution in [-0.4, -0.2) is 53.0 Å². The monoisotopic (exact) mass is 269 g/mol. The standard InChI is InChI=1S/C11H15N3O5/c1-6-8(16)13-7(15)4-14(6)10(19)12-5-11(2-3-11)9(17)18/h6H,2-5H2,1H3,(H,12,19)(H,17,18)(H,13,15,16). The Balaban J connectivity index is 1.94. The summed E-state index contributed by atoms with van der Waals surface area (Å²) in [5, 5.41) is 13.6. The third-order valence-corrected chi connectivity index (χ3v) is 3.57. The highest BCUT2D eigenvalue weighted by Crippen LogP contribution is 2.45. The van der Waals surface area contributed by atoms with E-state index in [0.717, 1.165) is 4.90 Å². The highest BCUT2D eigenvalue weighted by Gasteiger charge is 2.50. The van der Waals surface area contributed by atoms with Crippen LogP contribution in [0, 0.1) is 5.41 Å². The van der Waals surface area contributed by atoms with Gasteiger partial charge in [0.1, 0.15) is 12.6 Å². The van der Waals surface area contributed by atoms with Crippen molar-refractivity contribution < 1.29 is 24.3 Å². The van der Waals surface area contributed by atoms with Crippen LogP contribution in [0.25, 0.3) is 0 Å². The van der Waals surface area contributed by atoms with Crippen LogP contribution < -0.4 is 10.6 Å². The van der Waals surface area contributed by atoms with Crippen molar-refractivity contribution in [2.45, 2.75) is 25.8 Å². The number of carboxylic acids is 1. The molecule has 1 unspecified atom stereocenters. The second-order valence-electron chi connectivity index (χ2n) is 4.96. The normalized spacial score (nSPS) is 24.7. The van der Waals surface area contributed by atoms with E-state index in [2.05, 4.69) is 10.6 Å². The minimum Gasteiger partial charge on any atom is -0.481 e. The molecule has 0 aromatic carbocycles. The number of carboxylic acid groups (broad SMARTS) is 1. The van der Waals surface area contributed by atoms with E-state index in [0.29, 0.717) is 12.8 Å². The molecule has 1 aliphatic heterocycles. The predicted octanol–water partition coefficient (Wildman–Crippen LogP) is -1.09. The predicted molar refractivity (Wildman–Crippen MR) is 62.0 cm³/mol. The highest BCUT2D eigenvalue weighted by atomic mass is 16.4. The lowest BCUT2D eigenvalue weighted by Crippen LogP contribution is -2.61. The Labute approximate surface area is 109 Å². The van der Waals surface area contributed by atoms with Crippen molar-refractivity contribution >= 4 is 23.8 Å². The van der Waals surface area contributed by atoms with Crippen LogP contribution in [0.5, 0.6) is 0 Å². The first kappa shape index (κ1) is 13.3. The maximum Gasteiger partial charge on any atom is 0.318 e. The second-order valence-corrected chi connectivity index (χ2v) is 4.96. The van der Waals surface area contributed by atoms with Crippen LogP contribution in [0.15, 0.2) is 0 Å². The fraction of sp³-hybridized carbons (Fsp3) is 0.636. The van der Waals surface area contributed by atoms with Gasteiger partial charge < -0.3 is 15.3 Å². The van der Waals surface area contributed by atoms with Gasteiger partial charge in [-0.2, -0.15) is 0 Å². The Morgan fingerprint density at radius 1 is 1.47 bits per heavy atom. The maximum absolute atomic E-state index is 11.9. The van der Waals surface area contributed by atoms with Crippen LogP contribution in [0.4, 0.5) is 4.79 Å². The number of aliphatic carboxylic acids is 1. The van der Waals surface area contributed by atoms with Gasteiger partial charge in [0, 0.05) is 6.54 Å². The number of amides is 4. The van der Waals surface area contributed by atoms with E-state index < -0.39 is 35.3 Å². The highest BCUT2D eigenvalue weighted by molar-refractivity contribution is 6.03. The number of piperazine rings is 1. The van der Waals surface area contributed by atoms with E-state index >= 15 is 0 Å². The molecule has 1 heterocycles. The van der Waals surface area contributed by atoms with Gasteiger partial charge in [-0.15, -0.1) is 0 Å². The lowest BCUT2D eigenvalue weighted by Gasteiger charge is -2.31. The summed E-state index contributed by atoms with van der Waals surface area (Å²) in [6.45, 7) is 1.31. The van der Waals surface area contributed by atoms with Gasteiger partial charge in [0.25, 0.3) is 0 Å². The van der Waals surface area contributed by atoms with Gasteiger partial charge in [-0.25, -0.2) is 4.79 Å². The number of urea groups is 1. The Morgan fingerprint density at radius 2 is 2.11 bits per heavy atom. The van der Waals surface area contributed by atoms with Gasteiger partial charge in [-0.1, -0.05) is 0 Å². The fourth-order valence-corrected chi connectivity index (χ4v) is 1.93. The molecule has 3 N–H and O–H groups in total. The zero-order chi connectivity index (χ0) is 14.2.